The SMILES string of the molecule is CC(C)(C)[C@H](NS(C)(=O)=O)C(=O)N1C[C@H]2[C@@H]([C@H]1C(=O)N[C@@H](C[C@@H]1CCNC1=O)[C@H](N)S)C2(C)C. The highest BCUT2D eigenvalue weighted by Gasteiger charge is 2.69. The predicted molar refractivity (Wildman–Crippen MR) is 132 cm³/mol. The van der Waals surface area contributed by atoms with Crippen LogP contribution in [-0.4, -0.2) is 73.9 Å². The molecule has 2 heterocycles. The van der Waals surface area contributed by atoms with E-state index in [-0.39, 0.29) is 35.0 Å². The fourth-order valence-electron chi connectivity index (χ4n) is 5.52. The van der Waals surface area contributed by atoms with Gasteiger partial charge in [0, 0.05) is 19.0 Å². The average molecular weight is 518 g/mol. The van der Waals surface area contributed by atoms with Gasteiger partial charge in [-0.3, -0.25) is 14.4 Å². The van der Waals surface area contributed by atoms with Gasteiger partial charge in [0.25, 0.3) is 0 Å². The van der Waals surface area contributed by atoms with Crippen molar-refractivity contribution in [3.8, 4) is 0 Å². The van der Waals surface area contributed by atoms with Gasteiger partial charge in [-0.15, -0.1) is 0 Å². The molecule has 3 aliphatic rings. The zero-order valence-corrected chi connectivity index (χ0v) is 22.5. The van der Waals surface area contributed by atoms with E-state index in [2.05, 4.69) is 41.8 Å². The molecule has 194 valence electrons. The van der Waals surface area contributed by atoms with E-state index < -0.39 is 44.8 Å². The number of thiol groups is 1. The number of hydrogen-bond donors (Lipinski definition) is 5. The lowest BCUT2D eigenvalue weighted by Crippen LogP contribution is -2.60. The minimum absolute atomic E-state index is 0.0399. The van der Waals surface area contributed by atoms with Crippen LogP contribution in [0.3, 0.4) is 0 Å². The zero-order chi connectivity index (χ0) is 25.8. The third-order valence-electron chi connectivity index (χ3n) is 7.65. The number of nitrogens with two attached hydrogens (primary N) is 1. The largest absolute Gasteiger partial charge is 0.356 e. The molecule has 1 saturated carbocycles. The molecule has 2 aliphatic heterocycles. The van der Waals surface area contributed by atoms with E-state index in [4.69, 9.17) is 5.73 Å². The molecule has 3 amide bonds. The Labute approximate surface area is 208 Å². The summed E-state index contributed by atoms with van der Waals surface area (Å²) in [7, 11) is -3.66. The van der Waals surface area contributed by atoms with E-state index in [1.807, 2.05) is 0 Å². The predicted octanol–water partition coefficient (Wildman–Crippen LogP) is -0.341. The topological polar surface area (TPSA) is 151 Å². The Morgan fingerprint density at radius 2 is 1.94 bits per heavy atom. The third-order valence-corrected chi connectivity index (χ3v) is 8.67. The number of nitrogens with zero attached hydrogens (tertiary/aromatic N) is 1. The van der Waals surface area contributed by atoms with E-state index in [0.717, 1.165) is 6.26 Å². The zero-order valence-electron chi connectivity index (χ0n) is 20.8. The number of carbonyl (C=O) groups is 3. The molecule has 7 atom stereocenters. The Balaban J connectivity index is 1.83. The summed E-state index contributed by atoms with van der Waals surface area (Å²) in [5.74, 6) is -0.959. The summed E-state index contributed by atoms with van der Waals surface area (Å²) in [6, 6.07) is -2.30. The second-order valence-corrected chi connectivity index (χ2v) is 14.1. The first-order valence-electron chi connectivity index (χ1n) is 11.7. The van der Waals surface area contributed by atoms with Gasteiger partial charge in [-0.2, -0.15) is 12.6 Å². The third kappa shape index (κ3) is 5.55. The molecule has 1 aliphatic carbocycles. The molecular formula is C22H39N5O5S2. The van der Waals surface area contributed by atoms with Crippen LogP contribution in [0.1, 0.15) is 47.5 Å². The Morgan fingerprint density at radius 1 is 1.32 bits per heavy atom. The van der Waals surface area contributed by atoms with E-state index in [1.165, 1.54) is 4.90 Å². The first-order valence-corrected chi connectivity index (χ1v) is 14.2. The van der Waals surface area contributed by atoms with Crippen LogP contribution in [0.15, 0.2) is 0 Å². The first-order chi connectivity index (χ1) is 15.4. The van der Waals surface area contributed by atoms with Gasteiger partial charge in [0.2, 0.25) is 27.7 Å². The van der Waals surface area contributed by atoms with Gasteiger partial charge >= 0.3 is 0 Å². The minimum atomic E-state index is -3.66. The van der Waals surface area contributed by atoms with Crippen LogP contribution >= 0.6 is 12.6 Å². The summed E-state index contributed by atoms with van der Waals surface area (Å²) in [5.41, 5.74) is 5.23. The number of likely N-dealkylation sites (tertiary alicyclic amines) is 1. The van der Waals surface area contributed by atoms with Crippen molar-refractivity contribution in [2.24, 2.45) is 34.3 Å². The number of sulfonamides is 1. The molecule has 3 fully saturated rings. The molecule has 34 heavy (non-hydrogen) atoms. The summed E-state index contributed by atoms with van der Waals surface area (Å²) < 4.78 is 26.5. The van der Waals surface area contributed by atoms with Crippen LogP contribution in [0, 0.1) is 28.6 Å². The molecule has 0 unspecified atom stereocenters. The average Bonchev–Trinajstić information content (AvgIpc) is 3.05. The Hall–Kier alpha value is -1.37. The maximum atomic E-state index is 13.6. The van der Waals surface area contributed by atoms with Crippen molar-refractivity contribution in [3.05, 3.63) is 0 Å². The van der Waals surface area contributed by atoms with Crippen molar-refractivity contribution in [1.82, 2.24) is 20.3 Å². The number of piperidine rings is 1. The summed E-state index contributed by atoms with van der Waals surface area (Å²) in [6.45, 7) is 10.5. The van der Waals surface area contributed by atoms with Gasteiger partial charge in [0.05, 0.1) is 17.7 Å². The number of amides is 3. The Bertz CT molecular complexity index is 946. The quantitative estimate of drug-likeness (QED) is 0.220. The number of rotatable bonds is 8. The fourth-order valence-corrected chi connectivity index (χ4v) is 6.60. The van der Waals surface area contributed by atoms with Crippen LogP contribution in [0.2, 0.25) is 0 Å². The van der Waals surface area contributed by atoms with Crippen LogP contribution in [0.5, 0.6) is 0 Å². The number of carbonyl (C=O) groups excluding carboxylic acids is 3. The van der Waals surface area contributed by atoms with Crippen molar-refractivity contribution in [2.75, 3.05) is 19.3 Å². The van der Waals surface area contributed by atoms with Crippen LogP contribution in [0.25, 0.3) is 0 Å². The van der Waals surface area contributed by atoms with Crippen molar-refractivity contribution >= 4 is 40.4 Å². The van der Waals surface area contributed by atoms with Gasteiger partial charge in [-0.05, 0) is 35.5 Å². The van der Waals surface area contributed by atoms with Crippen molar-refractivity contribution < 1.29 is 22.8 Å². The molecule has 0 radical (unpaired) electrons. The molecule has 0 bridgehead atoms. The molecule has 5 N–H and O–H groups in total. The monoisotopic (exact) mass is 517 g/mol. The normalized spacial score (nSPS) is 30.8. The van der Waals surface area contributed by atoms with E-state index in [0.29, 0.717) is 25.9 Å². The van der Waals surface area contributed by atoms with Crippen molar-refractivity contribution in [2.45, 2.75) is 71.0 Å². The lowest BCUT2D eigenvalue weighted by Gasteiger charge is -2.38. The lowest BCUT2D eigenvalue weighted by atomic mass is 9.86. The Kier molecular flexibility index (Phi) is 7.41. The molecule has 10 nitrogen and oxygen atoms in total. The second-order valence-electron chi connectivity index (χ2n) is 11.7. The van der Waals surface area contributed by atoms with Crippen molar-refractivity contribution in [1.29, 1.82) is 0 Å². The van der Waals surface area contributed by atoms with E-state index in [9.17, 15) is 22.8 Å². The molecule has 3 rings (SSSR count). The van der Waals surface area contributed by atoms with Gasteiger partial charge in [0.1, 0.15) is 12.1 Å². The van der Waals surface area contributed by atoms with Gasteiger partial charge in [0.15, 0.2) is 0 Å². The maximum Gasteiger partial charge on any atom is 0.243 e. The smallest absolute Gasteiger partial charge is 0.243 e. The second kappa shape index (κ2) is 9.25. The molecule has 0 aromatic carbocycles. The minimum Gasteiger partial charge on any atom is -0.356 e. The first kappa shape index (κ1) is 27.2. The number of nitrogens with one attached hydrogen (secondary N) is 3. The van der Waals surface area contributed by atoms with Gasteiger partial charge in [-0.1, -0.05) is 34.6 Å². The summed E-state index contributed by atoms with van der Waals surface area (Å²) in [6.07, 6.45) is 2.05. The summed E-state index contributed by atoms with van der Waals surface area (Å²) in [5, 5.41) is 5.07. The standard InChI is InChI=1S/C22H39N5O5S2/c1-21(2,3)16(26-34(6,31)32)20(30)27-10-12-14(22(12,4)5)15(27)19(29)25-13(17(23)33)9-11-7-8-24-18(11)28/h11-17,26,33H,7-10,23H2,1-6H3,(H,24,28)(H,25,29)/t11-,12-,13-,14-,15-,16+,17+/m0/s1. The van der Waals surface area contributed by atoms with Crippen LogP contribution in [0.4, 0.5) is 0 Å². The van der Waals surface area contributed by atoms with Gasteiger partial charge in [-0.25, -0.2) is 13.1 Å². The lowest BCUT2D eigenvalue weighted by molar-refractivity contribution is -0.143. The van der Waals surface area contributed by atoms with Gasteiger partial charge < -0.3 is 21.3 Å². The van der Waals surface area contributed by atoms with E-state index in [1.54, 1.807) is 20.8 Å². The van der Waals surface area contributed by atoms with E-state index >= 15 is 0 Å². The van der Waals surface area contributed by atoms with Crippen molar-refractivity contribution in [3.63, 3.8) is 0 Å². The number of fused-ring (bicyclic) bond motifs is 1. The number of hydrogen-bond acceptors (Lipinski definition) is 7. The summed E-state index contributed by atoms with van der Waals surface area (Å²) in [4.78, 5) is 40.8. The molecule has 0 aromatic rings. The summed E-state index contributed by atoms with van der Waals surface area (Å²) >= 11 is 4.33. The molecule has 12 heteroatoms. The molecule has 0 spiro atoms. The molecule has 0 aromatic heterocycles. The van der Waals surface area contributed by atoms with Crippen LogP contribution < -0.4 is 21.1 Å². The fraction of sp³-hybridized carbons (Fsp3) is 0.864. The highest BCUT2D eigenvalue weighted by atomic mass is 32.2. The van der Waals surface area contributed by atoms with Crippen LogP contribution in [-0.2, 0) is 24.4 Å². The highest BCUT2D eigenvalue weighted by molar-refractivity contribution is 7.88. The highest BCUT2D eigenvalue weighted by Crippen LogP contribution is 2.65. The Morgan fingerprint density at radius 3 is 2.41 bits per heavy atom. The molecule has 2 saturated heterocycles. The maximum absolute atomic E-state index is 13.6. The molecular weight excluding hydrogens is 478 g/mol.